The normalized spacial score (nSPS) is 13.5. The Kier molecular flexibility index (Phi) is 4.97. The molecule has 96 valence electrons. The van der Waals surface area contributed by atoms with Crippen molar-refractivity contribution in [1.29, 1.82) is 0 Å². The monoisotopic (exact) mass is 237 g/mol. The lowest BCUT2D eigenvalue weighted by molar-refractivity contribution is 0.152. The first kappa shape index (κ1) is 14.0. The third-order valence-electron chi connectivity index (χ3n) is 2.57. The van der Waals surface area contributed by atoms with Gasteiger partial charge in [0.2, 0.25) is 0 Å². The molecular weight excluding hydrogens is 214 g/mol. The van der Waals surface area contributed by atoms with Gasteiger partial charge in [0.15, 0.2) is 0 Å². The van der Waals surface area contributed by atoms with E-state index in [2.05, 4.69) is 32.9 Å². The molecule has 1 aromatic carbocycles. The summed E-state index contributed by atoms with van der Waals surface area (Å²) in [6.07, 6.45) is 0. The summed E-state index contributed by atoms with van der Waals surface area (Å²) in [5, 5.41) is 0. The van der Waals surface area contributed by atoms with E-state index in [1.807, 2.05) is 12.1 Å². The second-order valence-electron chi connectivity index (χ2n) is 5.30. The number of ether oxygens (including phenoxy) is 2. The lowest BCUT2D eigenvalue weighted by atomic mass is 9.87. The summed E-state index contributed by atoms with van der Waals surface area (Å²) < 4.78 is 10.5. The number of methoxy groups -OCH3 is 1. The topological polar surface area (TPSA) is 44.5 Å². The molecule has 0 fully saturated rings. The van der Waals surface area contributed by atoms with E-state index in [4.69, 9.17) is 15.2 Å². The van der Waals surface area contributed by atoms with Gasteiger partial charge in [0.1, 0.15) is 12.4 Å². The Morgan fingerprint density at radius 2 is 1.71 bits per heavy atom. The van der Waals surface area contributed by atoms with Crippen LogP contribution in [0.3, 0.4) is 0 Å². The van der Waals surface area contributed by atoms with Crippen molar-refractivity contribution in [2.75, 3.05) is 20.3 Å². The van der Waals surface area contributed by atoms with Crippen LogP contribution in [0, 0.1) is 0 Å². The van der Waals surface area contributed by atoms with Crippen molar-refractivity contribution in [3.63, 3.8) is 0 Å². The van der Waals surface area contributed by atoms with Crippen LogP contribution in [0.1, 0.15) is 26.3 Å². The van der Waals surface area contributed by atoms with Crippen LogP contribution in [-0.4, -0.2) is 26.4 Å². The molecule has 0 radical (unpaired) electrons. The molecule has 2 N–H and O–H groups in total. The molecule has 1 atom stereocenters. The lowest BCUT2D eigenvalue weighted by Gasteiger charge is -2.19. The van der Waals surface area contributed by atoms with Crippen LogP contribution in [0.4, 0.5) is 0 Å². The zero-order valence-corrected chi connectivity index (χ0v) is 11.2. The predicted octanol–water partition coefficient (Wildman–Crippen LogP) is 2.34. The van der Waals surface area contributed by atoms with Crippen LogP contribution in [0.2, 0.25) is 0 Å². The minimum absolute atomic E-state index is 0.0812. The first-order valence-corrected chi connectivity index (χ1v) is 5.91. The molecule has 0 aliphatic heterocycles. The average molecular weight is 237 g/mol. The fourth-order valence-corrected chi connectivity index (χ4v) is 1.52. The summed E-state index contributed by atoms with van der Waals surface area (Å²) in [7, 11) is 1.64. The maximum atomic E-state index is 5.78. The maximum absolute atomic E-state index is 5.78. The SMILES string of the molecule is COCC(N)COc1ccc(C(C)(C)C)cc1. The van der Waals surface area contributed by atoms with Crippen molar-refractivity contribution in [2.45, 2.75) is 32.2 Å². The first-order valence-electron chi connectivity index (χ1n) is 5.91. The third kappa shape index (κ3) is 4.75. The Morgan fingerprint density at radius 1 is 1.12 bits per heavy atom. The zero-order valence-electron chi connectivity index (χ0n) is 11.2. The Hall–Kier alpha value is -1.06. The van der Waals surface area contributed by atoms with Gasteiger partial charge in [-0.25, -0.2) is 0 Å². The number of hydrogen-bond donors (Lipinski definition) is 1. The second kappa shape index (κ2) is 6.03. The minimum atomic E-state index is -0.0812. The first-order chi connectivity index (χ1) is 7.93. The molecule has 1 unspecified atom stereocenters. The minimum Gasteiger partial charge on any atom is -0.492 e. The van der Waals surface area contributed by atoms with Gasteiger partial charge in [-0.3, -0.25) is 0 Å². The zero-order chi connectivity index (χ0) is 12.9. The molecule has 0 bridgehead atoms. The van der Waals surface area contributed by atoms with Gasteiger partial charge in [0.05, 0.1) is 12.6 Å². The fourth-order valence-electron chi connectivity index (χ4n) is 1.52. The third-order valence-corrected chi connectivity index (χ3v) is 2.57. The maximum Gasteiger partial charge on any atom is 0.119 e. The Morgan fingerprint density at radius 3 is 2.18 bits per heavy atom. The average Bonchev–Trinajstić information content (AvgIpc) is 2.26. The van der Waals surface area contributed by atoms with Crippen molar-refractivity contribution in [3.05, 3.63) is 29.8 Å². The van der Waals surface area contributed by atoms with Gasteiger partial charge in [-0.1, -0.05) is 32.9 Å². The molecule has 3 nitrogen and oxygen atoms in total. The summed E-state index contributed by atoms with van der Waals surface area (Å²) in [4.78, 5) is 0. The molecule has 0 amide bonds. The molecule has 0 spiro atoms. The van der Waals surface area contributed by atoms with Crippen LogP contribution in [0.15, 0.2) is 24.3 Å². The quantitative estimate of drug-likeness (QED) is 0.855. The van der Waals surface area contributed by atoms with E-state index in [0.717, 1.165) is 5.75 Å². The molecule has 1 aromatic rings. The highest BCUT2D eigenvalue weighted by atomic mass is 16.5. The van der Waals surface area contributed by atoms with E-state index >= 15 is 0 Å². The van der Waals surface area contributed by atoms with Gasteiger partial charge in [-0.05, 0) is 23.1 Å². The molecule has 0 aromatic heterocycles. The van der Waals surface area contributed by atoms with Gasteiger partial charge in [0, 0.05) is 7.11 Å². The molecule has 0 saturated carbocycles. The van der Waals surface area contributed by atoms with Gasteiger partial charge >= 0.3 is 0 Å². The molecule has 0 aliphatic rings. The number of rotatable bonds is 5. The Labute approximate surface area is 104 Å². The molecule has 3 heteroatoms. The summed E-state index contributed by atoms with van der Waals surface area (Å²) in [5.74, 6) is 0.851. The summed E-state index contributed by atoms with van der Waals surface area (Å²) in [5.41, 5.74) is 7.25. The van der Waals surface area contributed by atoms with Crippen LogP contribution < -0.4 is 10.5 Å². The van der Waals surface area contributed by atoms with Crippen molar-refractivity contribution in [2.24, 2.45) is 5.73 Å². The molecule has 1 rings (SSSR count). The summed E-state index contributed by atoms with van der Waals surface area (Å²) in [6.45, 7) is 7.56. The second-order valence-corrected chi connectivity index (χ2v) is 5.30. The number of benzene rings is 1. The summed E-state index contributed by atoms with van der Waals surface area (Å²) >= 11 is 0. The van der Waals surface area contributed by atoms with Gasteiger partial charge < -0.3 is 15.2 Å². The highest BCUT2D eigenvalue weighted by Crippen LogP contribution is 2.24. The lowest BCUT2D eigenvalue weighted by Crippen LogP contribution is -2.32. The summed E-state index contributed by atoms with van der Waals surface area (Å²) in [6, 6.07) is 8.08. The van der Waals surface area contributed by atoms with Crippen molar-refractivity contribution in [1.82, 2.24) is 0 Å². The molecule has 0 saturated heterocycles. The molecular formula is C14H23NO2. The fraction of sp³-hybridized carbons (Fsp3) is 0.571. The number of nitrogens with two attached hydrogens (primary N) is 1. The van der Waals surface area contributed by atoms with E-state index in [-0.39, 0.29) is 11.5 Å². The van der Waals surface area contributed by atoms with E-state index < -0.39 is 0 Å². The molecule has 17 heavy (non-hydrogen) atoms. The predicted molar refractivity (Wildman–Crippen MR) is 70.5 cm³/mol. The van der Waals surface area contributed by atoms with Crippen molar-refractivity contribution >= 4 is 0 Å². The molecule has 0 heterocycles. The highest BCUT2D eigenvalue weighted by Gasteiger charge is 2.13. The standard InChI is InChI=1S/C14H23NO2/c1-14(2,3)11-5-7-13(8-6-11)17-10-12(15)9-16-4/h5-8,12H,9-10,15H2,1-4H3. The van der Waals surface area contributed by atoms with E-state index in [9.17, 15) is 0 Å². The highest BCUT2D eigenvalue weighted by molar-refractivity contribution is 5.31. The Bertz CT molecular complexity index is 327. The van der Waals surface area contributed by atoms with Crippen LogP contribution in [-0.2, 0) is 10.2 Å². The van der Waals surface area contributed by atoms with E-state index in [1.165, 1.54) is 5.56 Å². The number of hydrogen-bond acceptors (Lipinski definition) is 3. The van der Waals surface area contributed by atoms with Crippen LogP contribution in [0.5, 0.6) is 5.75 Å². The van der Waals surface area contributed by atoms with Crippen LogP contribution in [0.25, 0.3) is 0 Å². The van der Waals surface area contributed by atoms with Crippen LogP contribution >= 0.6 is 0 Å². The molecule has 0 aliphatic carbocycles. The van der Waals surface area contributed by atoms with Crippen molar-refractivity contribution < 1.29 is 9.47 Å². The van der Waals surface area contributed by atoms with E-state index in [1.54, 1.807) is 7.11 Å². The smallest absolute Gasteiger partial charge is 0.119 e. The van der Waals surface area contributed by atoms with E-state index in [0.29, 0.717) is 13.2 Å². The van der Waals surface area contributed by atoms with Crippen molar-refractivity contribution in [3.8, 4) is 5.75 Å². The van der Waals surface area contributed by atoms with Gasteiger partial charge in [-0.2, -0.15) is 0 Å². The van der Waals surface area contributed by atoms with Gasteiger partial charge in [0.25, 0.3) is 0 Å². The Balaban J connectivity index is 2.51. The van der Waals surface area contributed by atoms with Gasteiger partial charge in [-0.15, -0.1) is 0 Å². The largest absolute Gasteiger partial charge is 0.492 e.